The fourth-order valence-electron chi connectivity index (χ4n) is 3.77. The normalized spacial score (nSPS) is 14.8. The predicted octanol–water partition coefficient (Wildman–Crippen LogP) is 5.29. The van der Waals surface area contributed by atoms with E-state index >= 15 is 0 Å². The Labute approximate surface area is 188 Å². The number of nitrogens with one attached hydrogen (secondary N) is 1. The van der Waals surface area contributed by atoms with Crippen molar-refractivity contribution in [3.63, 3.8) is 0 Å². The van der Waals surface area contributed by atoms with Crippen LogP contribution in [0, 0.1) is 27.7 Å². The van der Waals surface area contributed by atoms with Gasteiger partial charge in [0.1, 0.15) is 0 Å². The molecule has 3 aromatic carbocycles. The van der Waals surface area contributed by atoms with E-state index in [1.807, 2.05) is 51.1 Å². The molecule has 32 heavy (non-hydrogen) atoms. The lowest BCUT2D eigenvalue weighted by Crippen LogP contribution is -2.22. The maximum atomic E-state index is 13.3. The maximum absolute atomic E-state index is 13.3. The average molecular weight is 445 g/mol. The minimum Gasteiger partial charge on any atom is -0.352 e. The molecule has 0 atom stereocenters. The molecule has 0 saturated heterocycles. The van der Waals surface area contributed by atoms with Gasteiger partial charge in [-0.3, -0.25) is 4.79 Å². The average Bonchev–Trinajstić information content (AvgIpc) is 2.74. The zero-order valence-corrected chi connectivity index (χ0v) is 19.2. The number of anilines is 1. The lowest BCUT2D eigenvalue weighted by atomic mass is 9.92. The van der Waals surface area contributed by atoms with Crippen LogP contribution in [0.1, 0.15) is 38.2 Å². The molecule has 0 aromatic heterocycles. The number of carbonyl (C=O) groups excluding carboxylic acids is 1. The molecule has 0 fully saturated rings. The van der Waals surface area contributed by atoms with Gasteiger partial charge in [-0.25, -0.2) is 0 Å². The van der Waals surface area contributed by atoms with Crippen LogP contribution in [0.3, 0.4) is 0 Å². The van der Waals surface area contributed by atoms with Crippen LogP contribution in [-0.4, -0.2) is 19.9 Å². The fourth-order valence-corrected chi connectivity index (χ4v) is 5.07. The molecule has 0 heterocycles. The van der Waals surface area contributed by atoms with Crippen molar-refractivity contribution in [2.45, 2.75) is 32.6 Å². The number of carbonyl (C=O) groups is 1. The first-order valence-corrected chi connectivity index (χ1v) is 11.7. The first-order chi connectivity index (χ1) is 15.2. The molecule has 6 heteroatoms. The Morgan fingerprint density at radius 3 is 2.19 bits per heavy atom. The molecule has 0 bridgehead atoms. The Morgan fingerprint density at radius 2 is 1.47 bits per heavy atom. The van der Waals surface area contributed by atoms with E-state index < -0.39 is 10.0 Å². The van der Waals surface area contributed by atoms with Crippen LogP contribution in [-0.2, 0) is 10.0 Å². The van der Waals surface area contributed by atoms with Crippen LogP contribution < -0.4 is 5.32 Å². The van der Waals surface area contributed by atoms with E-state index in [1.54, 1.807) is 37.3 Å². The highest BCUT2D eigenvalue weighted by Gasteiger charge is 2.27. The van der Waals surface area contributed by atoms with Crippen molar-refractivity contribution in [1.82, 2.24) is 0 Å². The summed E-state index contributed by atoms with van der Waals surface area (Å²) in [5, 5.41) is 3.13. The zero-order chi connectivity index (χ0) is 23.0. The van der Waals surface area contributed by atoms with Gasteiger partial charge in [-0.05, 0) is 74.2 Å². The lowest BCUT2D eigenvalue weighted by Gasteiger charge is -2.19. The third kappa shape index (κ3) is 4.14. The second-order valence-corrected chi connectivity index (χ2v) is 9.65. The van der Waals surface area contributed by atoms with Crippen molar-refractivity contribution < 1.29 is 13.2 Å². The van der Waals surface area contributed by atoms with Crippen LogP contribution in [0.15, 0.2) is 81.7 Å². The molecule has 0 aliphatic heterocycles. The lowest BCUT2D eigenvalue weighted by molar-refractivity contribution is 0.103. The third-order valence-corrected chi connectivity index (χ3v) is 6.99. The summed E-state index contributed by atoms with van der Waals surface area (Å²) in [6, 6.07) is 18.1. The molecule has 162 valence electrons. The number of fused-ring (bicyclic) bond motifs is 1. The number of allylic oxidation sites excluding steroid dienone is 2. The quantitative estimate of drug-likeness (QED) is 0.593. The summed E-state index contributed by atoms with van der Waals surface area (Å²) in [6.45, 7) is 7.54. The van der Waals surface area contributed by atoms with Crippen LogP contribution in [0.5, 0.6) is 0 Å². The summed E-state index contributed by atoms with van der Waals surface area (Å²) in [5.74, 6) is -0.208. The predicted molar refractivity (Wildman–Crippen MR) is 128 cm³/mol. The molecule has 0 spiro atoms. The molecular formula is C26H24N2O3S. The zero-order valence-electron chi connectivity index (χ0n) is 18.4. The van der Waals surface area contributed by atoms with Gasteiger partial charge in [-0.1, -0.05) is 42.5 Å². The highest BCUT2D eigenvalue weighted by molar-refractivity contribution is 7.90. The highest BCUT2D eigenvalue weighted by Crippen LogP contribution is 2.27. The standard InChI is InChI=1S/C26H24N2O3S/c1-16-8-7-9-20(12-16)27-24-15-23(21-10-5-6-11-22(21)26(24)29)28-32(30,31)25-14-18(3)17(2)13-19(25)4/h5-15,27H,1-4H3/b28-23-. The van der Waals surface area contributed by atoms with Gasteiger partial charge in [0.25, 0.3) is 10.0 Å². The number of Topliss-reactive ketones (excluding diaryl/α,β-unsaturated/α-hetero) is 1. The van der Waals surface area contributed by atoms with E-state index in [4.69, 9.17) is 0 Å². The van der Waals surface area contributed by atoms with Gasteiger partial charge in [-0.15, -0.1) is 0 Å². The van der Waals surface area contributed by atoms with E-state index in [-0.39, 0.29) is 22.1 Å². The minimum atomic E-state index is -3.99. The van der Waals surface area contributed by atoms with Gasteiger partial charge >= 0.3 is 0 Å². The molecule has 0 saturated carbocycles. The van der Waals surface area contributed by atoms with E-state index in [1.165, 1.54) is 6.08 Å². The smallest absolute Gasteiger partial charge is 0.283 e. The first-order valence-electron chi connectivity index (χ1n) is 10.3. The van der Waals surface area contributed by atoms with Crippen molar-refractivity contribution >= 4 is 27.2 Å². The number of hydrogen-bond donors (Lipinski definition) is 1. The summed E-state index contributed by atoms with van der Waals surface area (Å²) in [5.41, 5.74) is 5.75. The van der Waals surface area contributed by atoms with Crippen LogP contribution in [0.4, 0.5) is 5.69 Å². The van der Waals surface area contributed by atoms with Gasteiger partial charge in [0, 0.05) is 16.8 Å². The number of aryl methyl sites for hydroxylation is 4. The topological polar surface area (TPSA) is 75.6 Å². The van der Waals surface area contributed by atoms with Gasteiger partial charge in [0.2, 0.25) is 5.78 Å². The Kier molecular flexibility index (Phi) is 5.57. The molecule has 4 rings (SSSR count). The van der Waals surface area contributed by atoms with E-state index in [9.17, 15) is 13.2 Å². The molecule has 5 nitrogen and oxygen atoms in total. The number of rotatable bonds is 4. The molecule has 1 aliphatic carbocycles. The Bertz CT molecular complexity index is 1420. The Hall–Kier alpha value is -3.51. The maximum Gasteiger partial charge on any atom is 0.283 e. The van der Waals surface area contributed by atoms with Crippen molar-refractivity contribution in [2.75, 3.05) is 5.32 Å². The monoisotopic (exact) mass is 444 g/mol. The van der Waals surface area contributed by atoms with E-state index in [0.29, 0.717) is 16.7 Å². The van der Waals surface area contributed by atoms with Gasteiger partial charge in [0.15, 0.2) is 0 Å². The minimum absolute atomic E-state index is 0.170. The number of ketones is 1. The molecule has 1 N–H and O–H groups in total. The van der Waals surface area contributed by atoms with Crippen LogP contribution in [0.2, 0.25) is 0 Å². The van der Waals surface area contributed by atoms with Crippen LogP contribution in [0.25, 0.3) is 0 Å². The molecule has 0 amide bonds. The molecule has 0 radical (unpaired) electrons. The summed E-state index contributed by atoms with van der Waals surface area (Å²) in [7, 11) is -3.99. The molecule has 0 unspecified atom stereocenters. The number of sulfonamides is 1. The van der Waals surface area contributed by atoms with Crippen molar-refractivity contribution in [3.8, 4) is 0 Å². The van der Waals surface area contributed by atoms with Crippen LogP contribution >= 0.6 is 0 Å². The highest BCUT2D eigenvalue weighted by atomic mass is 32.2. The summed E-state index contributed by atoms with van der Waals surface area (Å²) in [6.07, 6.45) is 1.51. The van der Waals surface area contributed by atoms with Gasteiger partial charge in [0.05, 0.1) is 16.3 Å². The first kappa shape index (κ1) is 21.7. The van der Waals surface area contributed by atoms with Crippen molar-refractivity contribution in [2.24, 2.45) is 4.40 Å². The summed E-state index contributed by atoms with van der Waals surface area (Å²) >= 11 is 0. The summed E-state index contributed by atoms with van der Waals surface area (Å²) < 4.78 is 30.7. The molecule has 3 aromatic rings. The third-order valence-electron chi connectivity index (χ3n) is 5.56. The second kappa shape index (κ2) is 8.20. The van der Waals surface area contributed by atoms with Crippen molar-refractivity contribution in [1.29, 1.82) is 0 Å². The van der Waals surface area contributed by atoms with Gasteiger partial charge in [-0.2, -0.15) is 12.8 Å². The number of hydrogen-bond acceptors (Lipinski definition) is 4. The van der Waals surface area contributed by atoms with E-state index in [0.717, 1.165) is 22.4 Å². The Balaban J connectivity index is 1.85. The number of benzene rings is 3. The second-order valence-electron chi connectivity index (χ2n) is 8.08. The van der Waals surface area contributed by atoms with Gasteiger partial charge < -0.3 is 5.32 Å². The number of nitrogens with zero attached hydrogens (tertiary/aromatic N) is 1. The summed E-state index contributed by atoms with van der Waals surface area (Å²) in [4.78, 5) is 13.3. The molecular weight excluding hydrogens is 420 g/mol. The SMILES string of the molecule is Cc1cccc(NC2=C/C(=N/S(=O)(=O)c3cc(C)c(C)cc3C)c3ccccc3C2=O)c1. The fraction of sp³-hybridized carbons (Fsp3) is 0.154. The largest absolute Gasteiger partial charge is 0.352 e. The van der Waals surface area contributed by atoms with E-state index in [2.05, 4.69) is 9.71 Å². The molecule has 1 aliphatic rings. The Morgan fingerprint density at radius 1 is 0.781 bits per heavy atom. The van der Waals surface area contributed by atoms with Crippen molar-refractivity contribution in [3.05, 3.63) is 106 Å².